The molecule has 202 valence electrons. The fourth-order valence-electron chi connectivity index (χ4n) is 5.21. The van der Waals surface area contributed by atoms with Gasteiger partial charge in [-0.3, -0.25) is 9.69 Å². The number of ether oxygens (including phenoxy) is 1. The van der Waals surface area contributed by atoms with Gasteiger partial charge in [0.05, 0.1) is 23.7 Å². The first-order chi connectivity index (χ1) is 17.3. The molecule has 4 rings (SSSR count). The van der Waals surface area contributed by atoms with Gasteiger partial charge in [-0.05, 0) is 79.1 Å². The number of aliphatic carboxylic acids is 1. The average molecular weight is 530 g/mol. The Bertz CT molecular complexity index is 1110. The summed E-state index contributed by atoms with van der Waals surface area (Å²) in [6.45, 7) is 2.62. The highest BCUT2D eigenvalue weighted by molar-refractivity contribution is 5.71. The van der Waals surface area contributed by atoms with Crippen LogP contribution in [0.2, 0.25) is 0 Å². The quantitative estimate of drug-likeness (QED) is 0.362. The minimum Gasteiger partial charge on any atom is -0.493 e. The molecule has 0 amide bonds. The van der Waals surface area contributed by atoms with E-state index in [1.807, 2.05) is 18.2 Å². The van der Waals surface area contributed by atoms with Gasteiger partial charge < -0.3 is 9.84 Å². The first kappa shape index (κ1) is 27.3. The number of carbonyl (C=O) groups is 1. The molecule has 4 nitrogen and oxygen atoms in total. The lowest BCUT2D eigenvalue weighted by Crippen LogP contribution is -2.24. The highest BCUT2D eigenvalue weighted by Crippen LogP contribution is 2.47. The molecule has 1 heterocycles. The normalized spacial score (nSPS) is 20.6. The Morgan fingerprint density at radius 1 is 1.05 bits per heavy atom. The Morgan fingerprint density at radius 2 is 1.78 bits per heavy atom. The molecule has 0 spiro atoms. The summed E-state index contributed by atoms with van der Waals surface area (Å²) in [4.78, 5) is 13.3. The number of hydrogen-bond donors (Lipinski definition) is 1. The molecule has 2 aromatic rings. The number of halogens is 6. The van der Waals surface area contributed by atoms with Crippen molar-refractivity contribution in [2.24, 2.45) is 17.8 Å². The maximum atomic E-state index is 13.4. The molecule has 0 unspecified atom stereocenters. The summed E-state index contributed by atoms with van der Waals surface area (Å²) < 4.78 is 85.5. The van der Waals surface area contributed by atoms with Gasteiger partial charge in [-0.1, -0.05) is 19.1 Å². The van der Waals surface area contributed by atoms with Crippen LogP contribution in [0.5, 0.6) is 5.75 Å². The molecule has 1 aliphatic carbocycles. The third-order valence-electron chi connectivity index (χ3n) is 7.29. The molecular formula is C27H29F6NO3. The maximum Gasteiger partial charge on any atom is 0.416 e. The van der Waals surface area contributed by atoms with Gasteiger partial charge in [-0.2, -0.15) is 26.3 Å². The van der Waals surface area contributed by atoms with Crippen molar-refractivity contribution in [1.29, 1.82) is 0 Å². The highest BCUT2D eigenvalue weighted by atomic mass is 19.4. The Kier molecular flexibility index (Phi) is 7.78. The number of hydrogen-bond acceptors (Lipinski definition) is 3. The van der Waals surface area contributed by atoms with E-state index in [0.717, 1.165) is 18.4 Å². The first-order valence-electron chi connectivity index (χ1n) is 12.3. The van der Waals surface area contributed by atoms with E-state index in [9.17, 15) is 36.2 Å². The Balaban J connectivity index is 1.39. The maximum absolute atomic E-state index is 13.4. The van der Waals surface area contributed by atoms with Crippen molar-refractivity contribution in [3.8, 4) is 5.75 Å². The van der Waals surface area contributed by atoms with Gasteiger partial charge in [-0.15, -0.1) is 0 Å². The van der Waals surface area contributed by atoms with Crippen molar-refractivity contribution in [3.05, 3.63) is 64.7 Å². The SMILES string of the molecule is C[C@H](C(=O)O)[C@H](c1cccc(OC[C@H]2CCN(Cc3cc(C(F)(F)F)ccc3C(F)(F)F)C2)c1)C1CC1. The average Bonchev–Trinajstić information content (AvgIpc) is 3.54. The zero-order valence-corrected chi connectivity index (χ0v) is 20.3. The summed E-state index contributed by atoms with van der Waals surface area (Å²) in [5.74, 6) is -0.537. The second kappa shape index (κ2) is 10.6. The highest BCUT2D eigenvalue weighted by Gasteiger charge is 2.39. The summed E-state index contributed by atoms with van der Waals surface area (Å²) in [5, 5.41) is 9.50. The first-order valence-corrected chi connectivity index (χ1v) is 12.3. The lowest BCUT2D eigenvalue weighted by molar-refractivity contribution is -0.142. The van der Waals surface area contributed by atoms with E-state index in [-0.39, 0.29) is 18.4 Å². The number of carboxylic acids is 1. The summed E-state index contributed by atoms with van der Waals surface area (Å²) in [7, 11) is 0. The lowest BCUT2D eigenvalue weighted by Gasteiger charge is -2.22. The zero-order chi connectivity index (χ0) is 27.0. The van der Waals surface area contributed by atoms with E-state index in [4.69, 9.17) is 4.74 Å². The monoisotopic (exact) mass is 529 g/mol. The van der Waals surface area contributed by atoms with Crippen molar-refractivity contribution < 1.29 is 41.0 Å². The van der Waals surface area contributed by atoms with Crippen molar-refractivity contribution >= 4 is 5.97 Å². The molecule has 10 heteroatoms. The second-order valence-corrected chi connectivity index (χ2v) is 10.1. The van der Waals surface area contributed by atoms with Crippen molar-refractivity contribution in [3.63, 3.8) is 0 Å². The molecule has 2 fully saturated rings. The standard InChI is InChI=1S/C27H29F6NO3/c1-16(25(35)36)24(18-5-6-18)19-3-2-4-22(12-19)37-15-17-9-10-34(13-17)14-20-11-21(26(28,29)30)7-8-23(20)27(31,32)33/h2-4,7-8,11-12,16-18,24H,5-6,9-10,13-15H2,1H3,(H,35,36)/t16-,17-,24-/m0/s1. The van der Waals surface area contributed by atoms with Crippen LogP contribution >= 0.6 is 0 Å². The molecule has 1 aliphatic heterocycles. The van der Waals surface area contributed by atoms with Gasteiger partial charge in [-0.25, -0.2) is 0 Å². The smallest absolute Gasteiger partial charge is 0.416 e. The van der Waals surface area contributed by atoms with Gasteiger partial charge in [0.2, 0.25) is 0 Å². The van der Waals surface area contributed by atoms with Gasteiger partial charge in [0.15, 0.2) is 0 Å². The van der Waals surface area contributed by atoms with Crippen molar-refractivity contribution in [1.82, 2.24) is 4.90 Å². The number of nitrogens with zero attached hydrogens (tertiary/aromatic N) is 1. The van der Waals surface area contributed by atoms with Gasteiger partial charge in [0, 0.05) is 19.0 Å². The molecule has 1 N–H and O–H groups in total. The lowest BCUT2D eigenvalue weighted by atomic mass is 9.83. The molecule has 2 aromatic carbocycles. The molecule has 37 heavy (non-hydrogen) atoms. The van der Waals surface area contributed by atoms with Crippen LogP contribution in [0.15, 0.2) is 42.5 Å². The van der Waals surface area contributed by atoms with Gasteiger partial charge in [0.1, 0.15) is 5.75 Å². The van der Waals surface area contributed by atoms with Crippen LogP contribution in [0.4, 0.5) is 26.3 Å². The Labute approximate surface area is 211 Å². The predicted molar refractivity (Wildman–Crippen MR) is 124 cm³/mol. The van der Waals surface area contributed by atoms with E-state index in [1.165, 1.54) is 0 Å². The van der Waals surface area contributed by atoms with E-state index < -0.39 is 40.9 Å². The van der Waals surface area contributed by atoms with E-state index in [2.05, 4.69) is 0 Å². The second-order valence-electron chi connectivity index (χ2n) is 10.1. The number of likely N-dealkylation sites (tertiary alicyclic amines) is 1. The van der Waals surface area contributed by atoms with Crippen LogP contribution < -0.4 is 4.74 Å². The van der Waals surface area contributed by atoms with Gasteiger partial charge in [0.25, 0.3) is 0 Å². The third-order valence-corrected chi connectivity index (χ3v) is 7.29. The Morgan fingerprint density at radius 3 is 2.41 bits per heavy atom. The minimum absolute atomic E-state index is 0.000892. The molecule has 1 saturated heterocycles. The van der Waals surface area contributed by atoms with Crippen molar-refractivity contribution in [2.75, 3.05) is 19.7 Å². The minimum atomic E-state index is -4.75. The zero-order valence-electron chi connectivity index (χ0n) is 20.3. The van der Waals surface area contributed by atoms with Crippen LogP contribution in [0.3, 0.4) is 0 Å². The Hall–Kier alpha value is -2.75. The molecule has 3 atom stereocenters. The fraction of sp³-hybridized carbons (Fsp3) is 0.519. The number of carboxylic acid groups (broad SMARTS) is 1. The van der Waals surface area contributed by atoms with Gasteiger partial charge >= 0.3 is 18.3 Å². The summed E-state index contributed by atoms with van der Waals surface area (Å²) in [6.07, 6.45) is -6.85. The number of benzene rings is 2. The molecule has 2 aliphatic rings. The summed E-state index contributed by atoms with van der Waals surface area (Å²) in [5.41, 5.74) is -1.64. The van der Waals surface area contributed by atoms with Crippen LogP contribution in [0.25, 0.3) is 0 Å². The number of rotatable bonds is 9. The van der Waals surface area contributed by atoms with E-state index >= 15 is 0 Å². The summed E-state index contributed by atoms with van der Waals surface area (Å²) in [6, 6.07) is 8.92. The topological polar surface area (TPSA) is 49.8 Å². The molecular weight excluding hydrogens is 500 g/mol. The molecule has 1 saturated carbocycles. The van der Waals surface area contributed by atoms with Crippen LogP contribution in [0.1, 0.15) is 54.4 Å². The fourth-order valence-corrected chi connectivity index (χ4v) is 5.21. The summed E-state index contributed by atoms with van der Waals surface area (Å²) >= 11 is 0. The predicted octanol–water partition coefficient (Wildman–Crippen LogP) is 6.84. The largest absolute Gasteiger partial charge is 0.493 e. The van der Waals surface area contributed by atoms with Crippen LogP contribution in [0, 0.1) is 17.8 Å². The van der Waals surface area contributed by atoms with Crippen LogP contribution in [-0.2, 0) is 23.7 Å². The third kappa shape index (κ3) is 6.77. The van der Waals surface area contributed by atoms with E-state index in [0.29, 0.717) is 56.0 Å². The molecule has 0 bridgehead atoms. The van der Waals surface area contributed by atoms with Crippen LogP contribution in [-0.4, -0.2) is 35.7 Å². The van der Waals surface area contributed by atoms with E-state index in [1.54, 1.807) is 17.9 Å². The van der Waals surface area contributed by atoms with Crippen molar-refractivity contribution in [2.45, 2.75) is 51.0 Å². The number of alkyl halides is 6. The molecule has 0 radical (unpaired) electrons. The molecule has 0 aromatic heterocycles.